The summed E-state index contributed by atoms with van der Waals surface area (Å²) in [5.74, 6) is 1.70. The number of hydrogen-bond acceptors (Lipinski definition) is 7. The Morgan fingerprint density at radius 2 is 1.97 bits per heavy atom. The molecule has 0 bridgehead atoms. The zero-order chi connectivity index (χ0) is 21.4. The summed E-state index contributed by atoms with van der Waals surface area (Å²) < 4.78 is 3.54. The van der Waals surface area contributed by atoms with E-state index in [9.17, 15) is 0 Å². The van der Waals surface area contributed by atoms with Gasteiger partial charge in [-0.05, 0) is 38.2 Å². The number of rotatable bonds is 5. The zero-order valence-electron chi connectivity index (χ0n) is 17.3. The molecule has 0 saturated carbocycles. The minimum absolute atomic E-state index is 0.426. The second kappa shape index (κ2) is 8.09. The van der Waals surface area contributed by atoms with Crippen molar-refractivity contribution in [3.05, 3.63) is 60.0 Å². The normalized spacial score (nSPS) is 16.7. The number of halogens is 1. The van der Waals surface area contributed by atoms with Crippen molar-refractivity contribution in [3.8, 4) is 17.2 Å². The summed E-state index contributed by atoms with van der Waals surface area (Å²) in [5.41, 5.74) is 3.21. The second-order valence-electron chi connectivity index (χ2n) is 7.70. The number of aryl methyl sites for hydroxylation is 1. The molecule has 1 aliphatic rings. The molecule has 1 fully saturated rings. The Labute approximate surface area is 184 Å². The Balaban J connectivity index is 1.39. The molecule has 31 heavy (non-hydrogen) atoms. The average molecular weight is 436 g/mol. The molecule has 5 heterocycles. The highest BCUT2D eigenvalue weighted by molar-refractivity contribution is 6.32. The van der Waals surface area contributed by atoms with E-state index < -0.39 is 0 Å². The van der Waals surface area contributed by atoms with E-state index >= 15 is 0 Å². The highest BCUT2D eigenvalue weighted by Gasteiger charge is 2.23. The monoisotopic (exact) mass is 435 g/mol. The molecule has 0 unspecified atom stereocenters. The number of imidazole rings is 1. The van der Waals surface area contributed by atoms with E-state index in [-0.39, 0.29) is 0 Å². The van der Waals surface area contributed by atoms with E-state index in [0.29, 0.717) is 28.4 Å². The number of anilines is 2. The third-order valence-corrected chi connectivity index (χ3v) is 5.89. The summed E-state index contributed by atoms with van der Waals surface area (Å²) in [6.45, 7) is 2.15. The zero-order valence-corrected chi connectivity index (χ0v) is 18.0. The molecule has 0 aromatic carbocycles. The van der Waals surface area contributed by atoms with Crippen LogP contribution in [0.15, 0.2) is 49.2 Å². The molecule has 0 aliphatic carbocycles. The standard InChI is InChI=1S/C21H22ClN9/c1-29-9-7-14(11-29)18-12-31(13-24-18)19-5-3-4-15(26-19)16-6-8-23-21(27-16)28-17-10-25-30(2)20(17)22/h3-6,8,10,12-14H,7,9,11H2,1-2H3,(H,23,27,28)/t14-/m1/s1. The number of nitrogens with one attached hydrogen (secondary N) is 1. The Morgan fingerprint density at radius 1 is 1.10 bits per heavy atom. The van der Waals surface area contributed by atoms with Crippen LogP contribution in [0, 0.1) is 0 Å². The minimum Gasteiger partial charge on any atom is -0.320 e. The van der Waals surface area contributed by atoms with Crippen molar-refractivity contribution in [2.45, 2.75) is 12.3 Å². The lowest BCUT2D eigenvalue weighted by molar-refractivity contribution is 0.411. The van der Waals surface area contributed by atoms with Crippen molar-refractivity contribution >= 4 is 23.2 Å². The van der Waals surface area contributed by atoms with E-state index in [4.69, 9.17) is 16.6 Å². The predicted molar refractivity (Wildman–Crippen MR) is 119 cm³/mol. The van der Waals surface area contributed by atoms with Crippen molar-refractivity contribution in [1.82, 2.24) is 39.2 Å². The Morgan fingerprint density at radius 3 is 2.74 bits per heavy atom. The number of pyridine rings is 1. The predicted octanol–water partition coefficient (Wildman–Crippen LogP) is 3.27. The molecule has 1 atom stereocenters. The van der Waals surface area contributed by atoms with E-state index in [2.05, 4.69) is 43.5 Å². The average Bonchev–Trinajstić information content (AvgIpc) is 3.51. The maximum atomic E-state index is 6.22. The third-order valence-electron chi connectivity index (χ3n) is 5.44. The second-order valence-corrected chi connectivity index (χ2v) is 8.06. The lowest BCUT2D eigenvalue weighted by Crippen LogP contribution is -2.13. The van der Waals surface area contributed by atoms with Crippen LogP contribution < -0.4 is 5.32 Å². The first-order valence-corrected chi connectivity index (χ1v) is 10.4. The van der Waals surface area contributed by atoms with E-state index in [1.54, 1.807) is 24.1 Å². The van der Waals surface area contributed by atoms with Gasteiger partial charge >= 0.3 is 0 Å². The molecule has 10 heteroatoms. The first-order chi connectivity index (χ1) is 15.1. The minimum atomic E-state index is 0.426. The van der Waals surface area contributed by atoms with Crippen LogP contribution in [0.1, 0.15) is 18.0 Å². The van der Waals surface area contributed by atoms with Crippen LogP contribution in [0.2, 0.25) is 5.15 Å². The van der Waals surface area contributed by atoms with Crippen LogP contribution in [0.25, 0.3) is 17.2 Å². The number of hydrogen-bond donors (Lipinski definition) is 1. The molecule has 5 rings (SSSR count). The van der Waals surface area contributed by atoms with E-state index in [1.807, 2.05) is 35.2 Å². The largest absolute Gasteiger partial charge is 0.320 e. The quantitative estimate of drug-likeness (QED) is 0.514. The van der Waals surface area contributed by atoms with Gasteiger partial charge in [-0.3, -0.25) is 9.25 Å². The molecular formula is C21H22ClN9. The van der Waals surface area contributed by atoms with Gasteiger partial charge in [0, 0.05) is 31.9 Å². The number of nitrogens with zero attached hydrogens (tertiary/aromatic N) is 8. The van der Waals surface area contributed by atoms with Gasteiger partial charge in [0.25, 0.3) is 0 Å². The summed E-state index contributed by atoms with van der Waals surface area (Å²) in [7, 11) is 3.92. The van der Waals surface area contributed by atoms with Gasteiger partial charge in [-0.15, -0.1) is 0 Å². The molecule has 4 aromatic heterocycles. The SMILES string of the molecule is CN1CC[C@@H](c2cn(-c3cccc(-c4ccnc(Nc5cnn(C)c5Cl)n4)n3)cn2)C1. The summed E-state index contributed by atoms with van der Waals surface area (Å²) in [6, 6.07) is 7.69. The Hall–Kier alpha value is -3.30. The molecule has 1 aliphatic heterocycles. The molecule has 0 amide bonds. The summed E-state index contributed by atoms with van der Waals surface area (Å²) in [5, 5.41) is 7.70. The van der Waals surface area contributed by atoms with Gasteiger partial charge in [-0.1, -0.05) is 17.7 Å². The van der Waals surface area contributed by atoms with Gasteiger partial charge < -0.3 is 10.2 Å². The molecule has 1 saturated heterocycles. The van der Waals surface area contributed by atoms with Gasteiger partial charge in [0.2, 0.25) is 5.95 Å². The summed E-state index contributed by atoms with van der Waals surface area (Å²) >= 11 is 6.22. The van der Waals surface area contributed by atoms with Gasteiger partial charge in [0.15, 0.2) is 0 Å². The van der Waals surface area contributed by atoms with Crippen molar-refractivity contribution < 1.29 is 0 Å². The molecule has 4 aromatic rings. The molecular weight excluding hydrogens is 414 g/mol. The lowest BCUT2D eigenvalue weighted by atomic mass is 10.1. The number of likely N-dealkylation sites (tertiary alicyclic amines) is 1. The fraction of sp³-hybridized carbons (Fsp3) is 0.286. The summed E-state index contributed by atoms with van der Waals surface area (Å²) in [6.07, 6.45) is 8.37. The van der Waals surface area contributed by atoms with Crippen molar-refractivity contribution in [1.29, 1.82) is 0 Å². The molecule has 1 N–H and O–H groups in total. The van der Waals surface area contributed by atoms with Crippen LogP contribution in [-0.4, -0.2) is 59.3 Å². The first-order valence-electron chi connectivity index (χ1n) is 10.0. The van der Waals surface area contributed by atoms with E-state index in [1.165, 1.54) is 0 Å². The topological polar surface area (TPSA) is 89.6 Å². The van der Waals surface area contributed by atoms with Crippen molar-refractivity contribution in [2.75, 3.05) is 25.5 Å². The van der Waals surface area contributed by atoms with Crippen LogP contribution in [-0.2, 0) is 7.05 Å². The van der Waals surface area contributed by atoms with Gasteiger partial charge in [-0.25, -0.2) is 19.9 Å². The maximum Gasteiger partial charge on any atom is 0.227 e. The molecule has 158 valence electrons. The van der Waals surface area contributed by atoms with Crippen LogP contribution in [0.4, 0.5) is 11.6 Å². The van der Waals surface area contributed by atoms with Crippen LogP contribution in [0.5, 0.6) is 0 Å². The number of likely N-dealkylation sites (N-methyl/N-ethyl adjacent to an activating group) is 1. The Kier molecular flexibility index (Phi) is 5.13. The highest BCUT2D eigenvalue weighted by Crippen LogP contribution is 2.26. The molecule has 9 nitrogen and oxygen atoms in total. The molecule has 0 radical (unpaired) electrons. The fourth-order valence-corrected chi connectivity index (χ4v) is 3.89. The van der Waals surface area contributed by atoms with Gasteiger partial charge in [-0.2, -0.15) is 5.10 Å². The van der Waals surface area contributed by atoms with Gasteiger partial charge in [0.1, 0.15) is 17.3 Å². The first kappa shape index (κ1) is 19.7. The smallest absolute Gasteiger partial charge is 0.227 e. The highest BCUT2D eigenvalue weighted by atomic mass is 35.5. The van der Waals surface area contributed by atoms with Gasteiger partial charge in [0.05, 0.1) is 29.0 Å². The molecule has 0 spiro atoms. The van der Waals surface area contributed by atoms with E-state index in [0.717, 1.165) is 36.7 Å². The van der Waals surface area contributed by atoms with Crippen molar-refractivity contribution in [3.63, 3.8) is 0 Å². The third kappa shape index (κ3) is 4.01. The Bertz CT molecular complexity index is 1220. The fourth-order valence-electron chi connectivity index (χ4n) is 3.75. The maximum absolute atomic E-state index is 6.22. The van der Waals surface area contributed by atoms with Crippen LogP contribution >= 0.6 is 11.6 Å². The van der Waals surface area contributed by atoms with Crippen molar-refractivity contribution in [2.24, 2.45) is 7.05 Å². The summed E-state index contributed by atoms with van der Waals surface area (Å²) in [4.78, 5) is 20.6. The van der Waals surface area contributed by atoms with Crippen LogP contribution in [0.3, 0.4) is 0 Å². The lowest BCUT2D eigenvalue weighted by Gasteiger charge is -2.08. The number of aromatic nitrogens is 7.